The Kier molecular flexibility index (Phi) is 5.46. The van der Waals surface area contributed by atoms with E-state index in [-0.39, 0.29) is 18.1 Å². The average Bonchev–Trinajstić information content (AvgIpc) is 2.47. The maximum absolute atomic E-state index is 12.4. The summed E-state index contributed by atoms with van der Waals surface area (Å²) in [4.78, 5) is 12.4. The van der Waals surface area contributed by atoms with Crippen molar-refractivity contribution in [3.8, 4) is 11.8 Å². The van der Waals surface area contributed by atoms with Gasteiger partial charge in [-0.2, -0.15) is 0 Å². The zero-order valence-electron chi connectivity index (χ0n) is 14.0. The average molecular weight is 315 g/mol. The Morgan fingerprint density at radius 1 is 1.43 bits per heavy atom. The van der Waals surface area contributed by atoms with Gasteiger partial charge in [0.05, 0.1) is 6.10 Å². The van der Waals surface area contributed by atoms with Crippen molar-refractivity contribution in [1.29, 1.82) is 0 Å². The second-order valence-corrected chi connectivity index (χ2v) is 6.76. The fraction of sp³-hybridized carbons (Fsp3) is 0.526. The predicted octanol–water partition coefficient (Wildman–Crippen LogP) is 2.09. The van der Waals surface area contributed by atoms with Crippen LogP contribution in [0.3, 0.4) is 0 Å². The van der Waals surface area contributed by atoms with Crippen LogP contribution in [0.5, 0.6) is 0 Å². The zero-order chi connectivity index (χ0) is 17.0. The maximum atomic E-state index is 12.4. The summed E-state index contributed by atoms with van der Waals surface area (Å²) in [5, 5.41) is 22.1. The molecule has 0 radical (unpaired) electrons. The number of aliphatic hydroxyl groups is 2. The number of carbonyl (C=O) groups excluding carboxylic acids is 1. The van der Waals surface area contributed by atoms with Gasteiger partial charge >= 0.3 is 0 Å². The first kappa shape index (κ1) is 17.5. The van der Waals surface area contributed by atoms with E-state index >= 15 is 0 Å². The number of nitrogens with one attached hydrogen (secondary N) is 1. The lowest BCUT2D eigenvalue weighted by Crippen LogP contribution is -2.46. The Labute approximate surface area is 137 Å². The number of carbonyl (C=O) groups is 1. The minimum absolute atomic E-state index is 0.0945. The lowest BCUT2D eigenvalue weighted by molar-refractivity contribution is 0.0232. The number of hydrogen-bond acceptors (Lipinski definition) is 3. The number of aliphatic hydroxyl groups excluding tert-OH is 1. The third-order valence-electron chi connectivity index (χ3n) is 4.11. The fourth-order valence-electron chi connectivity index (χ4n) is 2.73. The van der Waals surface area contributed by atoms with Crippen molar-refractivity contribution in [2.24, 2.45) is 5.92 Å². The van der Waals surface area contributed by atoms with Crippen LogP contribution >= 0.6 is 0 Å². The molecule has 0 aromatic heterocycles. The predicted molar refractivity (Wildman–Crippen MR) is 89.9 cm³/mol. The standard InChI is InChI=1S/C19H25NO3/c1-4-17(15-11-16(21)12-15)20-18(22)14-7-5-6-13(10-14)8-9-19(2,3)23/h5-7,10,15-17,21,23H,4,11-12H2,1-3H3,(H,20,22)/t15?,16?,17-/m1/s1. The Morgan fingerprint density at radius 2 is 2.13 bits per heavy atom. The van der Waals surface area contributed by atoms with Crippen LogP contribution in [0.15, 0.2) is 24.3 Å². The summed E-state index contributed by atoms with van der Waals surface area (Å²) in [6.07, 6.45) is 2.15. The maximum Gasteiger partial charge on any atom is 0.251 e. The van der Waals surface area contributed by atoms with Gasteiger partial charge in [-0.25, -0.2) is 0 Å². The normalized spacial score (nSPS) is 21.6. The van der Waals surface area contributed by atoms with Gasteiger partial charge in [0.25, 0.3) is 5.91 Å². The SMILES string of the molecule is CC[C@@H](NC(=O)c1cccc(C#CC(C)(C)O)c1)C1CC(O)C1. The molecule has 4 heteroatoms. The van der Waals surface area contributed by atoms with Crippen LogP contribution in [0.4, 0.5) is 0 Å². The smallest absolute Gasteiger partial charge is 0.251 e. The minimum atomic E-state index is -1.06. The molecule has 0 saturated heterocycles. The Balaban J connectivity index is 2.05. The van der Waals surface area contributed by atoms with Gasteiger partial charge in [-0.15, -0.1) is 0 Å². The molecule has 1 amide bonds. The molecule has 1 aromatic rings. The van der Waals surface area contributed by atoms with Gasteiger partial charge in [0.1, 0.15) is 5.60 Å². The van der Waals surface area contributed by atoms with Crippen LogP contribution in [-0.2, 0) is 0 Å². The highest BCUT2D eigenvalue weighted by atomic mass is 16.3. The molecule has 124 valence electrons. The number of benzene rings is 1. The van der Waals surface area contributed by atoms with Crippen LogP contribution in [0.1, 0.15) is 56.0 Å². The van der Waals surface area contributed by atoms with Crippen LogP contribution in [-0.4, -0.2) is 33.9 Å². The molecule has 1 aromatic carbocycles. The third-order valence-corrected chi connectivity index (χ3v) is 4.11. The molecule has 0 bridgehead atoms. The molecule has 1 fully saturated rings. The van der Waals surface area contributed by atoms with Crippen molar-refractivity contribution in [1.82, 2.24) is 5.32 Å². The van der Waals surface area contributed by atoms with Crippen LogP contribution in [0, 0.1) is 17.8 Å². The summed E-state index contributed by atoms with van der Waals surface area (Å²) in [5.41, 5.74) is 0.203. The second-order valence-electron chi connectivity index (χ2n) is 6.76. The summed E-state index contributed by atoms with van der Waals surface area (Å²) in [5.74, 6) is 5.87. The van der Waals surface area contributed by atoms with Gasteiger partial charge in [0.2, 0.25) is 0 Å². The van der Waals surface area contributed by atoms with E-state index in [1.165, 1.54) is 0 Å². The van der Waals surface area contributed by atoms with E-state index < -0.39 is 5.60 Å². The summed E-state index contributed by atoms with van der Waals surface area (Å²) < 4.78 is 0. The van der Waals surface area contributed by atoms with Crippen molar-refractivity contribution in [2.75, 3.05) is 0 Å². The third kappa shape index (κ3) is 5.09. The number of rotatable bonds is 4. The van der Waals surface area contributed by atoms with Gasteiger partial charge in [0, 0.05) is 17.2 Å². The van der Waals surface area contributed by atoms with Gasteiger partial charge in [-0.3, -0.25) is 4.79 Å². The molecular weight excluding hydrogens is 290 g/mol. The molecular formula is C19H25NO3. The lowest BCUT2D eigenvalue weighted by atomic mass is 9.76. The molecule has 0 unspecified atom stereocenters. The second kappa shape index (κ2) is 7.16. The molecule has 1 saturated carbocycles. The highest BCUT2D eigenvalue weighted by Crippen LogP contribution is 2.31. The summed E-state index contributed by atoms with van der Waals surface area (Å²) in [6, 6.07) is 7.19. The zero-order valence-corrected chi connectivity index (χ0v) is 14.0. The molecule has 0 aliphatic heterocycles. The van der Waals surface area contributed by atoms with E-state index in [9.17, 15) is 15.0 Å². The van der Waals surface area contributed by atoms with Gasteiger partial charge in [0.15, 0.2) is 0 Å². The first-order chi connectivity index (χ1) is 10.8. The highest BCUT2D eigenvalue weighted by molar-refractivity contribution is 5.94. The van der Waals surface area contributed by atoms with Crippen LogP contribution < -0.4 is 5.32 Å². The summed E-state index contributed by atoms with van der Waals surface area (Å²) >= 11 is 0. The van der Waals surface area contributed by atoms with E-state index in [1.807, 2.05) is 13.0 Å². The quantitative estimate of drug-likeness (QED) is 0.745. The van der Waals surface area contributed by atoms with E-state index in [0.717, 1.165) is 19.3 Å². The first-order valence-electron chi connectivity index (χ1n) is 8.13. The molecule has 1 aliphatic rings. The monoisotopic (exact) mass is 315 g/mol. The molecule has 1 aliphatic carbocycles. The van der Waals surface area contributed by atoms with Gasteiger partial charge in [-0.1, -0.05) is 24.8 Å². The molecule has 4 nitrogen and oxygen atoms in total. The number of hydrogen-bond donors (Lipinski definition) is 3. The summed E-state index contributed by atoms with van der Waals surface area (Å²) in [7, 11) is 0. The molecule has 1 atom stereocenters. The fourth-order valence-corrected chi connectivity index (χ4v) is 2.73. The van der Waals surface area contributed by atoms with E-state index in [2.05, 4.69) is 17.2 Å². The summed E-state index contributed by atoms with van der Waals surface area (Å²) in [6.45, 7) is 5.28. The van der Waals surface area contributed by atoms with Crippen molar-refractivity contribution in [3.63, 3.8) is 0 Å². The first-order valence-corrected chi connectivity index (χ1v) is 8.13. The van der Waals surface area contributed by atoms with E-state index in [4.69, 9.17) is 0 Å². The van der Waals surface area contributed by atoms with Crippen LogP contribution in [0.2, 0.25) is 0 Å². The minimum Gasteiger partial charge on any atom is -0.393 e. The van der Waals surface area contributed by atoms with Crippen LogP contribution in [0.25, 0.3) is 0 Å². The Bertz CT molecular complexity index is 615. The van der Waals surface area contributed by atoms with Crippen molar-refractivity contribution >= 4 is 5.91 Å². The molecule has 2 rings (SSSR count). The van der Waals surface area contributed by atoms with Gasteiger partial charge in [-0.05, 0) is 57.2 Å². The molecule has 3 N–H and O–H groups in total. The molecule has 0 heterocycles. The molecule has 23 heavy (non-hydrogen) atoms. The highest BCUT2D eigenvalue weighted by Gasteiger charge is 2.33. The van der Waals surface area contributed by atoms with Crippen molar-refractivity contribution < 1.29 is 15.0 Å². The van der Waals surface area contributed by atoms with Crippen molar-refractivity contribution in [3.05, 3.63) is 35.4 Å². The van der Waals surface area contributed by atoms with E-state index in [1.54, 1.807) is 32.0 Å². The topological polar surface area (TPSA) is 69.6 Å². The van der Waals surface area contributed by atoms with Crippen molar-refractivity contribution in [2.45, 2.75) is 57.8 Å². The molecule has 0 spiro atoms. The Morgan fingerprint density at radius 3 is 2.70 bits per heavy atom. The van der Waals surface area contributed by atoms with E-state index in [0.29, 0.717) is 17.0 Å². The lowest BCUT2D eigenvalue weighted by Gasteiger charge is -2.37. The number of amides is 1. The van der Waals surface area contributed by atoms with Gasteiger partial charge < -0.3 is 15.5 Å². The largest absolute Gasteiger partial charge is 0.393 e. The Hall–Kier alpha value is -1.83.